The molecule has 1 aliphatic heterocycles. The van der Waals surface area contributed by atoms with Crippen molar-refractivity contribution in [3.63, 3.8) is 0 Å². The second-order valence-corrected chi connectivity index (χ2v) is 14.1. The number of amides is 2. The minimum atomic E-state index is -4.22. The number of imidazole rings is 1. The molecule has 0 radical (unpaired) electrons. The van der Waals surface area contributed by atoms with Gasteiger partial charge in [-0.1, -0.05) is 35.3 Å². The van der Waals surface area contributed by atoms with Gasteiger partial charge in [0.1, 0.15) is 17.5 Å². The van der Waals surface area contributed by atoms with Crippen molar-refractivity contribution in [2.75, 3.05) is 23.3 Å². The fourth-order valence-electron chi connectivity index (χ4n) is 7.05. The molecule has 0 spiro atoms. The first-order valence-electron chi connectivity index (χ1n) is 16.4. The Morgan fingerprint density at radius 3 is 2.46 bits per heavy atom. The molecule has 2 atom stereocenters. The van der Waals surface area contributed by atoms with Gasteiger partial charge in [-0.25, -0.2) is 9.97 Å². The summed E-state index contributed by atoms with van der Waals surface area (Å²) in [5.41, 5.74) is 3.66. The molecule has 10 nitrogen and oxygen atoms in total. The van der Waals surface area contributed by atoms with Gasteiger partial charge in [-0.3, -0.25) is 9.59 Å². The van der Waals surface area contributed by atoms with Crippen LogP contribution in [0.15, 0.2) is 42.5 Å². The van der Waals surface area contributed by atoms with Crippen molar-refractivity contribution in [3.05, 3.63) is 75.0 Å². The Balaban J connectivity index is 1.13. The van der Waals surface area contributed by atoms with E-state index in [1.165, 1.54) is 18.6 Å². The highest BCUT2D eigenvalue weighted by molar-refractivity contribution is 6.39. The molecule has 0 bridgehead atoms. The molecule has 3 aliphatic rings. The smallest absolute Gasteiger partial charge is 0.370 e. The van der Waals surface area contributed by atoms with Gasteiger partial charge >= 0.3 is 6.18 Å². The lowest BCUT2D eigenvalue weighted by atomic mass is 9.85. The van der Waals surface area contributed by atoms with Crippen molar-refractivity contribution in [2.45, 2.75) is 50.9 Å². The monoisotopic (exact) mass is 724 g/mol. The first kappa shape index (κ1) is 33.9. The van der Waals surface area contributed by atoms with Crippen LogP contribution in [-0.2, 0) is 13.6 Å². The number of carbonyl (C=O) groups is 2. The number of rotatable bonds is 8. The molecule has 2 aromatic heterocycles. The van der Waals surface area contributed by atoms with E-state index in [9.17, 15) is 22.8 Å². The fraction of sp³-hybridized carbons (Fsp3) is 0.400. The Labute approximate surface area is 296 Å². The molecule has 2 amide bonds. The molecule has 2 unspecified atom stereocenters. The van der Waals surface area contributed by atoms with Crippen LogP contribution in [0.3, 0.4) is 0 Å². The second-order valence-electron chi connectivity index (χ2n) is 13.3. The van der Waals surface area contributed by atoms with Gasteiger partial charge < -0.3 is 25.4 Å². The van der Waals surface area contributed by atoms with Crippen LogP contribution in [0, 0.1) is 29.1 Å². The summed E-state index contributed by atoms with van der Waals surface area (Å²) in [6.45, 7) is 1.73. The number of aromatic nitrogens is 3. The predicted molar refractivity (Wildman–Crippen MR) is 184 cm³/mol. The summed E-state index contributed by atoms with van der Waals surface area (Å²) in [4.78, 5) is 37.5. The Kier molecular flexibility index (Phi) is 9.03. The third-order valence-corrected chi connectivity index (χ3v) is 10.8. The van der Waals surface area contributed by atoms with E-state index in [2.05, 4.69) is 25.8 Å². The number of aryl methyl sites for hydroxylation is 1. The van der Waals surface area contributed by atoms with Gasteiger partial charge in [0.25, 0.3) is 11.8 Å². The van der Waals surface area contributed by atoms with E-state index >= 15 is 0 Å². The van der Waals surface area contributed by atoms with Crippen LogP contribution in [0.25, 0.3) is 11.0 Å². The molecule has 1 saturated heterocycles. The van der Waals surface area contributed by atoms with Gasteiger partial charge in [0.05, 0.1) is 43.9 Å². The maximum Gasteiger partial charge on any atom is 0.391 e. The molecular formula is C35H33Cl2F3N8O2. The molecule has 260 valence electrons. The summed E-state index contributed by atoms with van der Waals surface area (Å²) in [6.07, 6.45) is -2.50. The van der Waals surface area contributed by atoms with Gasteiger partial charge in [0.15, 0.2) is 0 Å². The van der Waals surface area contributed by atoms with Gasteiger partial charge in [-0.05, 0) is 79.8 Å². The van der Waals surface area contributed by atoms with E-state index < -0.39 is 18.0 Å². The second kappa shape index (κ2) is 13.3. The number of fused-ring (bicyclic) bond motifs is 2. The number of nitrogens with one attached hydrogen (secondary N) is 3. The van der Waals surface area contributed by atoms with E-state index in [0.717, 1.165) is 24.3 Å². The van der Waals surface area contributed by atoms with E-state index in [-0.39, 0.29) is 60.6 Å². The first-order chi connectivity index (χ1) is 23.9. The normalized spacial score (nSPS) is 21.4. The number of anilines is 3. The number of halogens is 5. The standard InChI is InChI=1S/C35H33Cl2F3N8O2/c1-47-29-13-28(48-16-19-11-20(19)17-48)24(32(49)44-22-8-6-21(7-9-22)35(38,39)40)12-27(29)45-34(47)46-31-25(36)10-5-18(30(31)37)15-42-33(50)26-4-2-3-23(14-41)43-26/h2-5,10,12-13,19-22H,6-9,11,15-17H2,1H3,(H,42,50)(H,44,49)(H,45,46). The SMILES string of the molecule is Cn1c(Nc2c(Cl)ccc(CNC(=O)c3cccc(C#N)n3)c2Cl)nc2cc(C(=O)NC3CCC(C(F)(F)F)CC3)c(N3CC4CC4C3)cc21. The number of alkyl halides is 3. The van der Waals surface area contributed by atoms with Crippen LogP contribution < -0.4 is 20.9 Å². The number of nitriles is 1. The lowest BCUT2D eigenvalue weighted by molar-refractivity contribution is -0.182. The quantitative estimate of drug-likeness (QED) is 0.177. The van der Waals surface area contributed by atoms with E-state index in [1.54, 1.807) is 24.3 Å². The van der Waals surface area contributed by atoms with Crippen molar-refractivity contribution in [3.8, 4) is 6.07 Å². The van der Waals surface area contributed by atoms with Crippen molar-refractivity contribution < 1.29 is 22.8 Å². The topological polar surface area (TPSA) is 128 Å². The number of benzene rings is 2. The van der Waals surface area contributed by atoms with Gasteiger partial charge in [-0.15, -0.1) is 0 Å². The molecule has 2 saturated carbocycles. The number of pyridine rings is 1. The van der Waals surface area contributed by atoms with Crippen LogP contribution >= 0.6 is 23.2 Å². The van der Waals surface area contributed by atoms with E-state index in [1.807, 2.05) is 23.8 Å². The molecule has 7 rings (SSSR count). The average molecular weight is 726 g/mol. The highest BCUT2D eigenvalue weighted by atomic mass is 35.5. The number of hydrogen-bond donors (Lipinski definition) is 3. The average Bonchev–Trinajstić information content (AvgIpc) is 3.59. The van der Waals surface area contributed by atoms with Crippen LogP contribution in [0.5, 0.6) is 0 Å². The van der Waals surface area contributed by atoms with E-state index in [4.69, 9.17) is 33.4 Å². The third-order valence-electron chi connectivity index (χ3n) is 10.0. The molecule has 2 aromatic carbocycles. The Bertz CT molecular complexity index is 2030. The molecule has 3 fully saturated rings. The first-order valence-corrected chi connectivity index (χ1v) is 17.2. The van der Waals surface area contributed by atoms with Crippen LogP contribution in [0.2, 0.25) is 10.0 Å². The molecule has 3 N–H and O–H groups in total. The molecule has 4 aromatic rings. The van der Waals surface area contributed by atoms with Crippen molar-refractivity contribution in [1.29, 1.82) is 5.26 Å². The van der Waals surface area contributed by atoms with Crippen LogP contribution in [-0.4, -0.2) is 51.7 Å². The van der Waals surface area contributed by atoms with Crippen LogP contribution in [0.1, 0.15) is 64.2 Å². The van der Waals surface area contributed by atoms with Crippen molar-refractivity contribution in [1.82, 2.24) is 25.2 Å². The summed E-state index contributed by atoms with van der Waals surface area (Å²) in [7, 11) is 1.83. The molecule has 15 heteroatoms. The molecule has 50 heavy (non-hydrogen) atoms. The number of carbonyl (C=O) groups excluding carboxylic acids is 2. The maximum absolute atomic E-state index is 13.8. The fourth-order valence-corrected chi connectivity index (χ4v) is 7.59. The number of hydrogen-bond acceptors (Lipinski definition) is 7. The van der Waals surface area contributed by atoms with Crippen molar-refractivity contribution in [2.24, 2.45) is 24.8 Å². The zero-order valence-electron chi connectivity index (χ0n) is 27.0. The number of piperidine rings is 1. The van der Waals surface area contributed by atoms with Gasteiger partial charge in [0.2, 0.25) is 5.95 Å². The van der Waals surface area contributed by atoms with Gasteiger partial charge in [0, 0.05) is 32.7 Å². The lowest BCUT2D eigenvalue weighted by Gasteiger charge is -2.31. The predicted octanol–water partition coefficient (Wildman–Crippen LogP) is 7.13. The highest BCUT2D eigenvalue weighted by Crippen LogP contribution is 2.47. The third kappa shape index (κ3) is 6.79. The molecular weight excluding hydrogens is 692 g/mol. The summed E-state index contributed by atoms with van der Waals surface area (Å²) in [6, 6.07) is 13.2. The minimum Gasteiger partial charge on any atom is -0.370 e. The summed E-state index contributed by atoms with van der Waals surface area (Å²) in [5, 5.41) is 18.7. The largest absolute Gasteiger partial charge is 0.391 e. The van der Waals surface area contributed by atoms with Crippen molar-refractivity contribution >= 4 is 63.4 Å². The summed E-state index contributed by atoms with van der Waals surface area (Å²) < 4.78 is 41.6. The van der Waals surface area contributed by atoms with Crippen LogP contribution in [0.4, 0.5) is 30.5 Å². The summed E-state index contributed by atoms with van der Waals surface area (Å²) >= 11 is 13.4. The Morgan fingerprint density at radius 1 is 1.02 bits per heavy atom. The minimum absolute atomic E-state index is 0.00278. The summed E-state index contributed by atoms with van der Waals surface area (Å²) in [5.74, 6) is -0.524. The van der Waals surface area contributed by atoms with Gasteiger partial charge in [-0.2, -0.15) is 18.4 Å². The molecule has 3 heterocycles. The highest BCUT2D eigenvalue weighted by Gasteiger charge is 2.46. The maximum atomic E-state index is 13.8. The number of nitrogens with zero attached hydrogens (tertiary/aromatic N) is 5. The van der Waals surface area contributed by atoms with E-state index in [0.29, 0.717) is 45.1 Å². The zero-order chi connectivity index (χ0) is 35.3. The lowest BCUT2D eigenvalue weighted by Crippen LogP contribution is -2.40. The zero-order valence-corrected chi connectivity index (χ0v) is 28.5. The Morgan fingerprint density at radius 2 is 1.76 bits per heavy atom. The molecule has 2 aliphatic carbocycles. The Hall–Kier alpha value is -4.54.